The van der Waals surface area contributed by atoms with Crippen molar-refractivity contribution < 1.29 is 34.4 Å². The van der Waals surface area contributed by atoms with Gasteiger partial charge in [0.25, 0.3) is 5.56 Å². The molecule has 0 aromatic carbocycles. The molecular formula is C9H15N4O9P. The van der Waals surface area contributed by atoms with E-state index in [1.54, 1.807) is 0 Å². The quantitative estimate of drug-likeness (QED) is 0.257. The zero-order chi connectivity index (χ0) is 17.7. The number of nitrogen functional groups attached to an aromatic ring is 2. The van der Waals surface area contributed by atoms with Crippen molar-refractivity contribution in [3.63, 3.8) is 0 Å². The van der Waals surface area contributed by atoms with E-state index in [0.717, 1.165) is 0 Å². The number of ether oxygens (including phenoxy) is 1. The molecule has 0 spiro atoms. The van der Waals surface area contributed by atoms with Crippen LogP contribution in [0.4, 0.5) is 11.5 Å². The molecule has 1 aliphatic rings. The van der Waals surface area contributed by atoms with E-state index in [1.165, 1.54) is 0 Å². The molecule has 1 fully saturated rings. The van der Waals surface area contributed by atoms with Crippen molar-refractivity contribution in [2.45, 2.75) is 24.5 Å². The molecular weight excluding hydrogens is 339 g/mol. The molecule has 23 heavy (non-hydrogen) atoms. The van der Waals surface area contributed by atoms with E-state index in [-0.39, 0.29) is 8.90 Å². The highest BCUT2D eigenvalue weighted by Gasteiger charge is 2.45. The zero-order valence-electron chi connectivity index (χ0n) is 11.4. The van der Waals surface area contributed by atoms with E-state index in [0.29, 0.717) is 0 Å². The fourth-order valence-electron chi connectivity index (χ4n) is 2.21. The number of aliphatic hydroxyl groups excluding tert-OH is 3. The summed E-state index contributed by atoms with van der Waals surface area (Å²) in [5.74, 6) is -0.948. The van der Waals surface area contributed by atoms with E-state index >= 15 is 0 Å². The summed E-state index contributed by atoms with van der Waals surface area (Å²) >= 11 is 0. The Bertz CT molecular complexity index is 782. The largest absolute Gasteiger partial charge is 0.439 e. The van der Waals surface area contributed by atoms with Crippen LogP contribution in [0.1, 0.15) is 6.23 Å². The van der Waals surface area contributed by atoms with E-state index in [9.17, 15) is 34.2 Å². The first-order valence-corrected chi connectivity index (χ1v) is 7.70. The second-order valence-electron chi connectivity index (χ2n) is 4.81. The van der Waals surface area contributed by atoms with Gasteiger partial charge in [0, 0.05) is 0 Å². The topological polar surface area (TPSA) is 223 Å². The predicted octanol–water partition coefficient (Wildman–Crippen LogP) is -4.27. The van der Waals surface area contributed by atoms with Crippen molar-refractivity contribution in [1.29, 1.82) is 0 Å². The Morgan fingerprint density at radius 3 is 2.17 bits per heavy atom. The molecule has 0 radical (unpaired) electrons. The minimum atomic E-state index is -5.27. The number of aliphatic hydroxyl groups is 3. The van der Waals surface area contributed by atoms with Gasteiger partial charge in [-0.3, -0.25) is 4.79 Å². The molecule has 1 aromatic rings. The van der Waals surface area contributed by atoms with Gasteiger partial charge in [0.15, 0.2) is 6.23 Å². The van der Waals surface area contributed by atoms with E-state index in [1.807, 2.05) is 0 Å². The SMILES string of the molecule is Nc1c(N)n(P(=O)(O)O)c(=O)n(C2O[C@H](CO)[C@@H](O)[C@H]2O)c1=O. The first kappa shape index (κ1) is 17.6. The average Bonchev–Trinajstić information content (AvgIpc) is 2.72. The summed E-state index contributed by atoms with van der Waals surface area (Å²) < 4.78 is 16.3. The molecule has 1 aliphatic heterocycles. The van der Waals surface area contributed by atoms with Gasteiger partial charge in [0.1, 0.15) is 29.8 Å². The van der Waals surface area contributed by atoms with Crippen LogP contribution in [0.25, 0.3) is 0 Å². The molecule has 0 bridgehead atoms. The summed E-state index contributed by atoms with van der Waals surface area (Å²) in [4.78, 5) is 42.6. The minimum Gasteiger partial charge on any atom is -0.394 e. The maximum atomic E-state index is 12.2. The standard InChI is InChI=1S/C9H15N4O9P/c10-3-6(11)13(23(19,20)21)9(18)12(7(3)17)8-5(16)4(15)2(1-14)22-8/h2,4-5,8,14-16H,1,10-11H2,(H2,19,20,21)/t2-,4-,5-,8?/m1/s1. The highest BCUT2D eigenvalue weighted by atomic mass is 31.2. The van der Waals surface area contributed by atoms with Crippen LogP contribution in [-0.4, -0.2) is 58.9 Å². The molecule has 4 atom stereocenters. The molecule has 130 valence electrons. The fraction of sp³-hybridized carbons (Fsp3) is 0.556. The van der Waals surface area contributed by atoms with Crippen LogP contribution in [0, 0.1) is 0 Å². The average molecular weight is 354 g/mol. The van der Waals surface area contributed by atoms with Gasteiger partial charge in [-0.2, -0.15) is 4.34 Å². The highest BCUT2D eigenvalue weighted by Crippen LogP contribution is 2.38. The first-order valence-electron chi connectivity index (χ1n) is 6.13. The van der Waals surface area contributed by atoms with Crippen LogP contribution in [0.5, 0.6) is 0 Å². The van der Waals surface area contributed by atoms with Gasteiger partial charge in [0.05, 0.1) is 6.61 Å². The molecule has 0 saturated carbocycles. The Labute approximate surface area is 127 Å². The summed E-state index contributed by atoms with van der Waals surface area (Å²) in [6.07, 6.45) is -6.60. The van der Waals surface area contributed by atoms with Crippen LogP contribution in [0.3, 0.4) is 0 Å². The normalized spacial score (nSPS) is 28.2. The lowest BCUT2D eigenvalue weighted by atomic mass is 10.1. The molecule has 13 nitrogen and oxygen atoms in total. The van der Waals surface area contributed by atoms with Crippen molar-refractivity contribution in [1.82, 2.24) is 8.90 Å². The molecule has 1 unspecified atom stereocenters. The lowest BCUT2D eigenvalue weighted by molar-refractivity contribution is -0.0565. The molecule has 9 N–H and O–H groups in total. The van der Waals surface area contributed by atoms with Crippen LogP contribution in [0.2, 0.25) is 0 Å². The summed E-state index contributed by atoms with van der Waals surface area (Å²) in [6.45, 7) is -0.736. The van der Waals surface area contributed by atoms with Crippen molar-refractivity contribution >= 4 is 19.3 Å². The van der Waals surface area contributed by atoms with Crippen molar-refractivity contribution in [3.8, 4) is 0 Å². The molecule has 1 aromatic heterocycles. The van der Waals surface area contributed by atoms with Gasteiger partial charge < -0.3 is 41.3 Å². The van der Waals surface area contributed by atoms with E-state index < -0.39 is 61.6 Å². The number of nitrogens with zero attached hydrogens (tertiary/aromatic N) is 2. The Hall–Kier alpha value is -1.73. The molecule has 0 amide bonds. The number of anilines is 2. The van der Waals surface area contributed by atoms with Gasteiger partial charge in [-0.25, -0.2) is 13.9 Å². The van der Waals surface area contributed by atoms with Crippen LogP contribution in [0.15, 0.2) is 9.59 Å². The first-order chi connectivity index (χ1) is 10.5. The van der Waals surface area contributed by atoms with Crippen LogP contribution in [-0.2, 0) is 9.30 Å². The summed E-state index contributed by atoms with van der Waals surface area (Å²) in [5.41, 5.74) is 6.93. The third-order valence-electron chi connectivity index (χ3n) is 3.37. The Morgan fingerprint density at radius 2 is 1.74 bits per heavy atom. The van der Waals surface area contributed by atoms with Crippen LogP contribution >= 0.6 is 7.75 Å². The fourth-order valence-corrected chi connectivity index (χ4v) is 2.92. The number of rotatable bonds is 3. The van der Waals surface area contributed by atoms with Crippen LogP contribution < -0.4 is 22.7 Å². The number of hydrogen-bond acceptors (Lipinski definition) is 9. The van der Waals surface area contributed by atoms with E-state index in [2.05, 4.69) is 0 Å². The van der Waals surface area contributed by atoms with Gasteiger partial charge in [-0.05, 0) is 0 Å². The maximum Gasteiger partial charge on any atom is 0.439 e. The van der Waals surface area contributed by atoms with Crippen molar-refractivity contribution in [3.05, 3.63) is 20.8 Å². The monoisotopic (exact) mass is 354 g/mol. The summed E-state index contributed by atoms with van der Waals surface area (Å²) in [6, 6.07) is 0. The molecule has 14 heteroatoms. The minimum absolute atomic E-state index is 0.119. The second-order valence-corrected chi connectivity index (χ2v) is 6.24. The van der Waals surface area contributed by atoms with Gasteiger partial charge in [-0.15, -0.1) is 0 Å². The highest BCUT2D eigenvalue weighted by molar-refractivity contribution is 7.50. The molecule has 2 rings (SSSR count). The van der Waals surface area contributed by atoms with Crippen molar-refractivity contribution in [2.24, 2.45) is 0 Å². The number of hydrogen-bond donors (Lipinski definition) is 7. The third-order valence-corrected chi connectivity index (χ3v) is 4.28. The third kappa shape index (κ3) is 2.68. The smallest absolute Gasteiger partial charge is 0.394 e. The molecule has 2 heterocycles. The van der Waals surface area contributed by atoms with Gasteiger partial charge >= 0.3 is 13.4 Å². The maximum absolute atomic E-state index is 12.2. The summed E-state index contributed by atoms with van der Waals surface area (Å²) in [7, 11) is -5.27. The summed E-state index contributed by atoms with van der Waals surface area (Å²) in [5, 5.41) is 28.5. The van der Waals surface area contributed by atoms with Gasteiger partial charge in [0.2, 0.25) is 0 Å². The molecule has 0 aliphatic carbocycles. The lowest BCUT2D eigenvalue weighted by Crippen LogP contribution is -2.46. The number of nitrogens with two attached hydrogens (primary N) is 2. The Morgan fingerprint density at radius 1 is 1.17 bits per heavy atom. The Balaban J connectivity index is 2.75. The predicted molar refractivity (Wildman–Crippen MR) is 74.2 cm³/mol. The van der Waals surface area contributed by atoms with Crippen molar-refractivity contribution in [2.75, 3.05) is 18.1 Å². The second kappa shape index (κ2) is 5.72. The Kier molecular flexibility index (Phi) is 4.38. The van der Waals surface area contributed by atoms with Gasteiger partial charge in [-0.1, -0.05) is 0 Å². The molecule has 1 saturated heterocycles. The lowest BCUT2D eigenvalue weighted by Gasteiger charge is -2.20. The number of aromatic nitrogens is 2. The zero-order valence-corrected chi connectivity index (χ0v) is 12.3. The van der Waals surface area contributed by atoms with E-state index in [4.69, 9.17) is 21.3 Å².